The lowest BCUT2D eigenvalue weighted by Gasteiger charge is -2.20. The monoisotopic (exact) mass is 269 g/mol. The maximum Gasteiger partial charge on any atom is 0.161 e. The molecule has 1 aromatic carbocycles. The fraction of sp³-hybridized carbons (Fsp3) is 0.385. The van der Waals surface area contributed by atoms with Crippen molar-refractivity contribution in [2.24, 2.45) is 0 Å². The summed E-state index contributed by atoms with van der Waals surface area (Å²) in [6, 6.07) is 5.44. The number of aliphatic hydroxyl groups is 1. The van der Waals surface area contributed by atoms with Crippen LogP contribution in [0, 0.1) is 0 Å². The van der Waals surface area contributed by atoms with Crippen LogP contribution in [0.3, 0.4) is 0 Å². The van der Waals surface area contributed by atoms with Crippen LogP contribution >= 0.6 is 11.6 Å². The number of fused-ring (bicyclic) bond motifs is 1. The van der Waals surface area contributed by atoms with Crippen LogP contribution in [0.15, 0.2) is 29.8 Å². The molecule has 1 aliphatic heterocycles. The first-order valence-corrected chi connectivity index (χ1v) is 6.16. The quantitative estimate of drug-likeness (QED) is 0.856. The molecule has 2 rings (SSSR count). The highest BCUT2D eigenvalue weighted by molar-refractivity contribution is 6.29. The first-order valence-electron chi connectivity index (χ1n) is 5.78. The van der Waals surface area contributed by atoms with Crippen molar-refractivity contribution in [1.82, 2.24) is 5.32 Å². The van der Waals surface area contributed by atoms with Crippen LogP contribution in [0.2, 0.25) is 0 Å². The minimum atomic E-state index is -0.614. The van der Waals surface area contributed by atoms with Crippen molar-refractivity contribution in [2.45, 2.75) is 6.10 Å². The molecule has 1 heterocycles. The van der Waals surface area contributed by atoms with Crippen molar-refractivity contribution in [3.63, 3.8) is 0 Å². The van der Waals surface area contributed by atoms with E-state index in [0.29, 0.717) is 37.1 Å². The van der Waals surface area contributed by atoms with E-state index in [-0.39, 0.29) is 0 Å². The summed E-state index contributed by atoms with van der Waals surface area (Å²) >= 11 is 5.63. The van der Waals surface area contributed by atoms with Crippen molar-refractivity contribution in [1.29, 1.82) is 0 Å². The fourth-order valence-electron chi connectivity index (χ4n) is 1.73. The SMILES string of the molecule is C=C(Cl)CNCC(O)c1ccc2c(c1)OCCO2. The number of hydrogen-bond acceptors (Lipinski definition) is 4. The minimum absolute atomic E-state index is 0.408. The third kappa shape index (κ3) is 3.38. The van der Waals surface area contributed by atoms with Gasteiger partial charge < -0.3 is 19.9 Å². The zero-order valence-corrected chi connectivity index (χ0v) is 10.7. The molecule has 0 aromatic heterocycles. The molecule has 0 saturated heterocycles. The predicted molar refractivity (Wildman–Crippen MR) is 70.3 cm³/mol. The van der Waals surface area contributed by atoms with Crippen molar-refractivity contribution >= 4 is 11.6 Å². The van der Waals surface area contributed by atoms with Crippen LogP contribution in [-0.4, -0.2) is 31.4 Å². The molecule has 0 aliphatic carbocycles. The number of ether oxygens (including phenoxy) is 2. The lowest BCUT2D eigenvalue weighted by molar-refractivity contribution is 0.164. The highest BCUT2D eigenvalue weighted by Gasteiger charge is 2.15. The van der Waals surface area contributed by atoms with E-state index in [1.54, 1.807) is 6.07 Å². The summed E-state index contributed by atoms with van der Waals surface area (Å²) in [4.78, 5) is 0. The molecule has 1 aliphatic rings. The van der Waals surface area contributed by atoms with Crippen molar-refractivity contribution in [3.05, 3.63) is 35.4 Å². The summed E-state index contributed by atoms with van der Waals surface area (Å²) < 4.78 is 10.9. The number of halogens is 1. The second-order valence-electron chi connectivity index (χ2n) is 4.07. The Morgan fingerprint density at radius 2 is 2.11 bits per heavy atom. The van der Waals surface area contributed by atoms with E-state index < -0.39 is 6.10 Å². The molecule has 1 aromatic rings. The molecule has 0 amide bonds. The van der Waals surface area contributed by atoms with Crippen LogP contribution in [0.1, 0.15) is 11.7 Å². The predicted octanol–water partition coefficient (Wildman–Crippen LogP) is 1.83. The van der Waals surface area contributed by atoms with Gasteiger partial charge in [0.25, 0.3) is 0 Å². The average molecular weight is 270 g/mol. The van der Waals surface area contributed by atoms with Crippen LogP contribution in [0.25, 0.3) is 0 Å². The van der Waals surface area contributed by atoms with Crippen LogP contribution in [-0.2, 0) is 0 Å². The van der Waals surface area contributed by atoms with E-state index in [9.17, 15) is 5.11 Å². The van der Waals surface area contributed by atoms with E-state index in [4.69, 9.17) is 21.1 Å². The van der Waals surface area contributed by atoms with Crippen LogP contribution in [0.4, 0.5) is 0 Å². The molecule has 1 atom stereocenters. The third-order valence-electron chi connectivity index (χ3n) is 2.61. The number of nitrogens with one attached hydrogen (secondary N) is 1. The highest BCUT2D eigenvalue weighted by atomic mass is 35.5. The lowest BCUT2D eigenvalue weighted by atomic mass is 10.1. The molecule has 0 spiro atoms. The fourth-order valence-corrected chi connectivity index (χ4v) is 1.82. The Labute approximate surface area is 111 Å². The van der Waals surface area contributed by atoms with E-state index in [0.717, 1.165) is 11.3 Å². The van der Waals surface area contributed by atoms with Gasteiger partial charge in [0, 0.05) is 18.1 Å². The van der Waals surface area contributed by atoms with E-state index in [1.165, 1.54) is 0 Å². The van der Waals surface area contributed by atoms with Gasteiger partial charge in [0.15, 0.2) is 11.5 Å². The Kier molecular flexibility index (Phi) is 4.47. The second-order valence-corrected chi connectivity index (χ2v) is 4.60. The zero-order valence-electron chi connectivity index (χ0n) is 9.99. The summed E-state index contributed by atoms with van der Waals surface area (Å²) in [6.45, 7) is 5.55. The van der Waals surface area contributed by atoms with Gasteiger partial charge in [0.05, 0.1) is 6.10 Å². The molecule has 18 heavy (non-hydrogen) atoms. The zero-order chi connectivity index (χ0) is 13.0. The molecular weight excluding hydrogens is 254 g/mol. The smallest absolute Gasteiger partial charge is 0.161 e. The molecule has 2 N–H and O–H groups in total. The van der Waals surface area contributed by atoms with Gasteiger partial charge in [-0.1, -0.05) is 24.2 Å². The normalized spacial score (nSPS) is 15.2. The first kappa shape index (κ1) is 13.2. The summed E-state index contributed by atoms with van der Waals surface area (Å²) in [7, 11) is 0. The topological polar surface area (TPSA) is 50.7 Å². The Morgan fingerprint density at radius 1 is 1.39 bits per heavy atom. The third-order valence-corrected chi connectivity index (χ3v) is 2.74. The minimum Gasteiger partial charge on any atom is -0.486 e. The molecule has 0 radical (unpaired) electrons. The Morgan fingerprint density at radius 3 is 2.83 bits per heavy atom. The molecule has 0 saturated carbocycles. The highest BCUT2D eigenvalue weighted by Crippen LogP contribution is 2.32. The van der Waals surface area contributed by atoms with Gasteiger partial charge in [-0.25, -0.2) is 0 Å². The van der Waals surface area contributed by atoms with Crippen molar-refractivity contribution < 1.29 is 14.6 Å². The van der Waals surface area contributed by atoms with E-state index in [1.807, 2.05) is 12.1 Å². The van der Waals surface area contributed by atoms with Gasteiger partial charge >= 0.3 is 0 Å². The number of benzene rings is 1. The second kappa shape index (κ2) is 6.09. The van der Waals surface area contributed by atoms with E-state index in [2.05, 4.69) is 11.9 Å². The van der Waals surface area contributed by atoms with Gasteiger partial charge in [-0.3, -0.25) is 0 Å². The van der Waals surface area contributed by atoms with Crippen LogP contribution in [0.5, 0.6) is 11.5 Å². The Hall–Kier alpha value is -1.23. The van der Waals surface area contributed by atoms with Gasteiger partial charge in [0.1, 0.15) is 13.2 Å². The van der Waals surface area contributed by atoms with Crippen molar-refractivity contribution in [2.75, 3.05) is 26.3 Å². The van der Waals surface area contributed by atoms with Gasteiger partial charge in [-0.05, 0) is 17.7 Å². The largest absolute Gasteiger partial charge is 0.486 e. The van der Waals surface area contributed by atoms with E-state index >= 15 is 0 Å². The summed E-state index contributed by atoms with van der Waals surface area (Å²) in [5.41, 5.74) is 0.784. The number of aliphatic hydroxyl groups excluding tert-OH is 1. The standard InChI is InChI=1S/C13H16ClNO3/c1-9(14)7-15-8-11(16)10-2-3-12-13(6-10)18-5-4-17-12/h2-3,6,11,15-16H,1,4-5,7-8H2. The molecule has 1 unspecified atom stereocenters. The summed E-state index contributed by atoms with van der Waals surface area (Å²) in [5.74, 6) is 1.40. The average Bonchev–Trinajstić information content (AvgIpc) is 2.37. The van der Waals surface area contributed by atoms with Gasteiger partial charge in [0.2, 0.25) is 0 Å². The summed E-state index contributed by atoms with van der Waals surface area (Å²) in [5, 5.41) is 13.5. The molecule has 5 heteroatoms. The van der Waals surface area contributed by atoms with Crippen molar-refractivity contribution in [3.8, 4) is 11.5 Å². The lowest BCUT2D eigenvalue weighted by Crippen LogP contribution is -2.23. The molecule has 4 nitrogen and oxygen atoms in total. The maximum atomic E-state index is 10.0. The maximum absolute atomic E-state index is 10.0. The van der Waals surface area contributed by atoms with Gasteiger partial charge in [-0.2, -0.15) is 0 Å². The van der Waals surface area contributed by atoms with Gasteiger partial charge in [-0.15, -0.1) is 0 Å². The molecule has 0 fully saturated rings. The number of hydrogen-bond donors (Lipinski definition) is 2. The Bertz CT molecular complexity index is 436. The molecular formula is C13H16ClNO3. The molecule has 0 bridgehead atoms. The van der Waals surface area contributed by atoms with Crippen LogP contribution < -0.4 is 14.8 Å². The Balaban J connectivity index is 1.97. The molecule has 98 valence electrons. The summed E-state index contributed by atoms with van der Waals surface area (Å²) in [6.07, 6.45) is -0.614. The number of rotatable bonds is 5. The first-order chi connectivity index (χ1) is 8.66.